The first-order valence-electron chi connectivity index (χ1n) is 4.92. The monoisotopic (exact) mass is 257 g/mol. The second-order valence-electron chi connectivity index (χ2n) is 3.11. The lowest BCUT2D eigenvalue weighted by Crippen LogP contribution is -2.17. The van der Waals surface area contributed by atoms with Gasteiger partial charge in [-0.3, -0.25) is 0 Å². The second kappa shape index (κ2) is 6.10. The first-order valence-corrected chi connectivity index (χ1v) is 5.30. The van der Waals surface area contributed by atoms with Crippen molar-refractivity contribution in [2.24, 2.45) is 0 Å². The first kappa shape index (κ1) is 13.3. The Morgan fingerprint density at radius 2 is 2.06 bits per heavy atom. The summed E-state index contributed by atoms with van der Waals surface area (Å²) in [5.41, 5.74) is 5.95. The standard InChI is InChI=1S/C11H12ClNO4/c1-2-16-10(14)6-17-11(15)8-5-7(12)3-4-9(8)13/h3-5H,2,6,13H2,1H3. The molecule has 0 spiro atoms. The fraction of sp³-hybridized carbons (Fsp3) is 0.273. The maximum absolute atomic E-state index is 11.6. The lowest BCUT2D eigenvalue weighted by molar-refractivity contribution is -0.146. The van der Waals surface area contributed by atoms with Crippen LogP contribution in [0.25, 0.3) is 0 Å². The Bertz CT molecular complexity index is 433. The topological polar surface area (TPSA) is 78.6 Å². The summed E-state index contributed by atoms with van der Waals surface area (Å²) >= 11 is 5.72. The van der Waals surface area contributed by atoms with Gasteiger partial charge in [0, 0.05) is 10.7 Å². The van der Waals surface area contributed by atoms with E-state index in [9.17, 15) is 9.59 Å². The van der Waals surface area contributed by atoms with Crippen molar-refractivity contribution in [3.05, 3.63) is 28.8 Å². The summed E-state index contributed by atoms with van der Waals surface area (Å²) in [6, 6.07) is 4.42. The number of hydrogen-bond acceptors (Lipinski definition) is 5. The molecular formula is C11H12ClNO4. The highest BCUT2D eigenvalue weighted by atomic mass is 35.5. The van der Waals surface area contributed by atoms with E-state index in [1.165, 1.54) is 12.1 Å². The second-order valence-corrected chi connectivity index (χ2v) is 3.55. The normalized spacial score (nSPS) is 9.76. The highest BCUT2D eigenvalue weighted by Gasteiger charge is 2.14. The van der Waals surface area contributed by atoms with E-state index < -0.39 is 18.5 Å². The van der Waals surface area contributed by atoms with Crippen LogP contribution in [0.2, 0.25) is 5.02 Å². The molecule has 17 heavy (non-hydrogen) atoms. The zero-order valence-corrected chi connectivity index (χ0v) is 9.99. The number of hydrogen-bond donors (Lipinski definition) is 1. The third-order valence-electron chi connectivity index (χ3n) is 1.86. The van der Waals surface area contributed by atoms with Crippen LogP contribution in [-0.2, 0) is 14.3 Å². The maximum atomic E-state index is 11.6. The Morgan fingerprint density at radius 3 is 2.71 bits per heavy atom. The zero-order valence-electron chi connectivity index (χ0n) is 9.23. The molecule has 1 aromatic rings. The number of anilines is 1. The van der Waals surface area contributed by atoms with E-state index in [0.717, 1.165) is 0 Å². The predicted molar refractivity (Wildman–Crippen MR) is 62.8 cm³/mol. The number of rotatable bonds is 4. The molecule has 5 nitrogen and oxygen atoms in total. The van der Waals surface area contributed by atoms with Crippen LogP contribution in [0.15, 0.2) is 18.2 Å². The van der Waals surface area contributed by atoms with Gasteiger partial charge < -0.3 is 15.2 Å². The summed E-state index contributed by atoms with van der Waals surface area (Å²) < 4.78 is 9.33. The smallest absolute Gasteiger partial charge is 0.344 e. The van der Waals surface area contributed by atoms with E-state index in [2.05, 4.69) is 4.74 Å². The van der Waals surface area contributed by atoms with E-state index in [-0.39, 0.29) is 17.9 Å². The minimum atomic E-state index is -0.710. The van der Waals surface area contributed by atoms with Crippen LogP contribution in [0.1, 0.15) is 17.3 Å². The molecule has 1 aromatic carbocycles. The molecule has 0 atom stereocenters. The van der Waals surface area contributed by atoms with E-state index in [4.69, 9.17) is 22.1 Å². The quantitative estimate of drug-likeness (QED) is 0.655. The molecule has 1 rings (SSSR count). The van der Waals surface area contributed by atoms with E-state index >= 15 is 0 Å². The van der Waals surface area contributed by atoms with Gasteiger partial charge in [0.25, 0.3) is 0 Å². The van der Waals surface area contributed by atoms with Crippen LogP contribution in [0.5, 0.6) is 0 Å². The minimum absolute atomic E-state index is 0.127. The summed E-state index contributed by atoms with van der Waals surface area (Å²) in [7, 11) is 0. The average molecular weight is 258 g/mol. The summed E-state index contributed by atoms with van der Waals surface area (Å²) in [4.78, 5) is 22.5. The van der Waals surface area contributed by atoms with E-state index in [1.807, 2.05) is 0 Å². The van der Waals surface area contributed by atoms with Crippen LogP contribution >= 0.6 is 11.6 Å². The lowest BCUT2D eigenvalue weighted by atomic mass is 10.2. The number of nitrogens with two attached hydrogens (primary N) is 1. The molecule has 6 heteroatoms. The summed E-state index contributed by atoms with van der Waals surface area (Å²) in [6.07, 6.45) is 0. The third-order valence-corrected chi connectivity index (χ3v) is 2.10. The summed E-state index contributed by atoms with van der Waals surface area (Å²) in [5, 5.41) is 0.363. The molecule has 0 heterocycles. The number of nitrogen functional groups attached to an aromatic ring is 1. The highest BCUT2D eigenvalue weighted by Crippen LogP contribution is 2.18. The Kier molecular flexibility index (Phi) is 4.78. The van der Waals surface area contributed by atoms with Crippen molar-refractivity contribution in [3.63, 3.8) is 0 Å². The number of esters is 2. The van der Waals surface area contributed by atoms with Crippen molar-refractivity contribution < 1.29 is 19.1 Å². The molecule has 92 valence electrons. The van der Waals surface area contributed by atoms with Gasteiger partial charge in [-0.1, -0.05) is 11.6 Å². The highest BCUT2D eigenvalue weighted by molar-refractivity contribution is 6.31. The van der Waals surface area contributed by atoms with Gasteiger partial charge in [0.2, 0.25) is 0 Å². The SMILES string of the molecule is CCOC(=O)COC(=O)c1cc(Cl)ccc1N. The maximum Gasteiger partial charge on any atom is 0.344 e. The zero-order chi connectivity index (χ0) is 12.8. The molecule has 0 fully saturated rings. The molecular weight excluding hydrogens is 246 g/mol. The molecule has 0 bridgehead atoms. The molecule has 0 aromatic heterocycles. The molecule has 0 saturated heterocycles. The fourth-order valence-corrected chi connectivity index (χ4v) is 1.28. The van der Waals surface area contributed by atoms with Crippen LogP contribution in [0, 0.1) is 0 Å². The molecule has 0 aliphatic carbocycles. The van der Waals surface area contributed by atoms with Gasteiger partial charge in [0.15, 0.2) is 6.61 Å². The van der Waals surface area contributed by atoms with Crippen molar-refractivity contribution in [2.45, 2.75) is 6.92 Å². The van der Waals surface area contributed by atoms with Crippen LogP contribution in [-0.4, -0.2) is 25.2 Å². The fourth-order valence-electron chi connectivity index (χ4n) is 1.11. The first-order chi connectivity index (χ1) is 8.04. The summed E-state index contributed by atoms with van der Waals surface area (Å²) in [6.45, 7) is 1.45. The summed E-state index contributed by atoms with van der Waals surface area (Å²) in [5.74, 6) is -1.32. The van der Waals surface area contributed by atoms with Crippen molar-refractivity contribution in [1.82, 2.24) is 0 Å². The Balaban J connectivity index is 2.64. The largest absolute Gasteiger partial charge is 0.463 e. The number of benzene rings is 1. The van der Waals surface area contributed by atoms with Crippen LogP contribution in [0.4, 0.5) is 5.69 Å². The Hall–Kier alpha value is -1.75. The van der Waals surface area contributed by atoms with Gasteiger partial charge in [0.1, 0.15) is 0 Å². The predicted octanol–water partition coefficient (Wildman–Crippen LogP) is 1.64. The van der Waals surface area contributed by atoms with Crippen molar-refractivity contribution in [2.75, 3.05) is 18.9 Å². The van der Waals surface area contributed by atoms with Crippen LogP contribution in [0.3, 0.4) is 0 Å². The van der Waals surface area contributed by atoms with E-state index in [0.29, 0.717) is 5.02 Å². The Labute approximate surface area is 103 Å². The molecule has 2 N–H and O–H groups in total. The Morgan fingerprint density at radius 1 is 1.35 bits per heavy atom. The van der Waals surface area contributed by atoms with E-state index in [1.54, 1.807) is 13.0 Å². The van der Waals surface area contributed by atoms with Gasteiger partial charge in [-0.05, 0) is 25.1 Å². The molecule has 0 aliphatic heterocycles. The van der Waals surface area contributed by atoms with Crippen molar-refractivity contribution >= 4 is 29.2 Å². The van der Waals surface area contributed by atoms with Gasteiger partial charge in [-0.25, -0.2) is 9.59 Å². The van der Waals surface area contributed by atoms with Crippen LogP contribution < -0.4 is 5.73 Å². The molecule has 0 saturated carbocycles. The molecule has 0 amide bonds. The number of carbonyl (C=O) groups excluding carboxylic acids is 2. The number of ether oxygens (including phenoxy) is 2. The van der Waals surface area contributed by atoms with Gasteiger partial charge in [0.05, 0.1) is 12.2 Å². The van der Waals surface area contributed by atoms with Gasteiger partial charge in [-0.15, -0.1) is 0 Å². The molecule has 0 aliphatic rings. The number of carbonyl (C=O) groups is 2. The van der Waals surface area contributed by atoms with Gasteiger partial charge >= 0.3 is 11.9 Å². The number of halogens is 1. The minimum Gasteiger partial charge on any atom is -0.463 e. The average Bonchev–Trinajstić information content (AvgIpc) is 2.29. The molecule has 0 radical (unpaired) electrons. The van der Waals surface area contributed by atoms with Gasteiger partial charge in [-0.2, -0.15) is 0 Å². The van der Waals surface area contributed by atoms with Crippen molar-refractivity contribution in [3.8, 4) is 0 Å². The lowest BCUT2D eigenvalue weighted by Gasteiger charge is -2.06. The van der Waals surface area contributed by atoms with Crippen molar-refractivity contribution in [1.29, 1.82) is 0 Å². The third kappa shape index (κ3) is 3.96. The molecule has 0 unspecified atom stereocenters.